The van der Waals surface area contributed by atoms with Crippen LogP contribution in [0.1, 0.15) is 20.8 Å². The number of carbonyl (C=O) groups is 1. The van der Waals surface area contributed by atoms with Gasteiger partial charge in [0.05, 0.1) is 6.20 Å². The van der Waals surface area contributed by atoms with Crippen LogP contribution in [0.25, 0.3) is 21.9 Å². The van der Waals surface area contributed by atoms with Crippen molar-refractivity contribution in [2.24, 2.45) is 0 Å². The molecule has 3 aromatic rings. The number of hydrogen-bond acceptors (Lipinski definition) is 2. The Morgan fingerprint density at radius 2 is 1.87 bits per heavy atom. The van der Waals surface area contributed by atoms with Crippen molar-refractivity contribution in [2.45, 2.75) is 32.9 Å². The summed E-state index contributed by atoms with van der Waals surface area (Å²) in [6, 6.07) is 14.5. The molecule has 0 bridgehead atoms. The van der Waals surface area contributed by atoms with Gasteiger partial charge in [0.2, 0.25) is 5.91 Å². The van der Waals surface area contributed by atoms with Gasteiger partial charge in [0.25, 0.3) is 0 Å². The van der Waals surface area contributed by atoms with E-state index in [0.29, 0.717) is 0 Å². The monoisotopic (exact) mass is 307 g/mol. The molecule has 1 N–H and O–H groups in total. The molecule has 1 aromatic heterocycles. The third-order valence-electron chi connectivity index (χ3n) is 3.55. The number of fused-ring (bicyclic) bond motifs is 1. The van der Waals surface area contributed by atoms with Crippen LogP contribution in [-0.4, -0.2) is 21.2 Å². The van der Waals surface area contributed by atoms with E-state index >= 15 is 0 Å². The van der Waals surface area contributed by atoms with Gasteiger partial charge in [0.15, 0.2) is 0 Å². The first kappa shape index (κ1) is 15.3. The summed E-state index contributed by atoms with van der Waals surface area (Å²) in [4.78, 5) is 12.0. The minimum absolute atomic E-state index is 0.0370. The fourth-order valence-corrected chi connectivity index (χ4v) is 2.67. The van der Waals surface area contributed by atoms with E-state index in [1.807, 2.05) is 51.4 Å². The normalized spacial score (nSPS) is 11.6. The highest BCUT2D eigenvalue weighted by Gasteiger charge is 2.14. The van der Waals surface area contributed by atoms with Crippen LogP contribution in [0.15, 0.2) is 54.9 Å². The fraction of sp³-hybridized carbons (Fsp3) is 0.263. The Labute approximate surface area is 136 Å². The van der Waals surface area contributed by atoms with Gasteiger partial charge in [0, 0.05) is 17.3 Å². The lowest BCUT2D eigenvalue weighted by molar-refractivity contribution is -0.123. The SMILES string of the molecule is CC(C)(C)NC(=O)Cn1cc(-c2cccc3ccccc23)cn1. The lowest BCUT2D eigenvalue weighted by Crippen LogP contribution is -2.42. The van der Waals surface area contributed by atoms with E-state index in [-0.39, 0.29) is 18.0 Å². The largest absolute Gasteiger partial charge is 0.350 e. The number of nitrogens with one attached hydrogen (secondary N) is 1. The molecule has 0 unspecified atom stereocenters. The van der Waals surface area contributed by atoms with Crippen molar-refractivity contribution >= 4 is 16.7 Å². The molecular formula is C19H21N3O. The van der Waals surface area contributed by atoms with Crippen LogP contribution < -0.4 is 5.32 Å². The summed E-state index contributed by atoms with van der Waals surface area (Å²) < 4.78 is 1.68. The minimum Gasteiger partial charge on any atom is -0.350 e. The van der Waals surface area contributed by atoms with Crippen LogP contribution in [0, 0.1) is 0 Å². The van der Waals surface area contributed by atoms with E-state index < -0.39 is 0 Å². The van der Waals surface area contributed by atoms with Crippen LogP contribution in [0.2, 0.25) is 0 Å². The smallest absolute Gasteiger partial charge is 0.242 e. The van der Waals surface area contributed by atoms with Gasteiger partial charge in [-0.3, -0.25) is 9.48 Å². The van der Waals surface area contributed by atoms with Gasteiger partial charge in [-0.2, -0.15) is 5.10 Å². The van der Waals surface area contributed by atoms with Crippen molar-refractivity contribution in [1.29, 1.82) is 0 Å². The summed E-state index contributed by atoms with van der Waals surface area (Å²) in [5, 5.41) is 9.66. The number of rotatable bonds is 3. The van der Waals surface area contributed by atoms with Crippen LogP contribution in [0.3, 0.4) is 0 Å². The first-order valence-electron chi connectivity index (χ1n) is 7.74. The zero-order valence-corrected chi connectivity index (χ0v) is 13.7. The molecule has 0 aliphatic rings. The summed E-state index contributed by atoms with van der Waals surface area (Å²) in [5.74, 6) is -0.0370. The molecule has 23 heavy (non-hydrogen) atoms. The van der Waals surface area contributed by atoms with E-state index in [1.165, 1.54) is 10.8 Å². The van der Waals surface area contributed by atoms with Gasteiger partial charge < -0.3 is 5.32 Å². The van der Waals surface area contributed by atoms with Gasteiger partial charge in [-0.1, -0.05) is 42.5 Å². The molecule has 0 fully saturated rings. The van der Waals surface area contributed by atoms with Crippen molar-refractivity contribution in [3.63, 3.8) is 0 Å². The maximum Gasteiger partial charge on any atom is 0.242 e. The topological polar surface area (TPSA) is 46.9 Å². The third kappa shape index (κ3) is 3.59. The van der Waals surface area contributed by atoms with Crippen LogP contribution in [0.4, 0.5) is 0 Å². The number of hydrogen-bond donors (Lipinski definition) is 1. The maximum absolute atomic E-state index is 12.0. The van der Waals surface area contributed by atoms with Crippen LogP contribution in [-0.2, 0) is 11.3 Å². The number of aromatic nitrogens is 2. The van der Waals surface area contributed by atoms with Gasteiger partial charge in [0.1, 0.15) is 6.54 Å². The predicted octanol–water partition coefficient (Wildman–Crippen LogP) is 3.62. The number of nitrogens with zero attached hydrogens (tertiary/aromatic N) is 2. The molecule has 4 nitrogen and oxygen atoms in total. The minimum atomic E-state index is -0.233. The van der Waals surface area contributed by atoms with E-state index in [4.69, 9.17) is 0 Å². The maximum atomic E-state index is 12.0. The zero-order valence-electron chi connectivity index (χ0n) is 13.7. The number of amides is 1. The van der Waals surface area contributed by atoms with Crippen molar-refractivity contribution in [3.05, 3.63) is 54.9 Å². The predicted molar refractivity (Wildman–Crippen MR) is 93.1 cm³/mol. The molecule has 1 amide bonds. The average Bonchev–Trinajstić information content (AvgIpc) is 2.92. The quantitative estimate of drug-likeness (QED) is 0.803. The molecule has 0 radical (unpaired) electrons. The Bertz CT molecular complexity index is 838. The molecule has 0 aliphatic heterocycles. The highest BCUT2D eigenvalue weighted by Crippen LogP contribution is 2.27. The van der Waals surface area contributed by atoms with E-state index in [2.05, 4.69) is 34.7 Å². The highest BCUT2D eigenvalue weighted by atomic mass is 16.2. The molecule has 0 spiro atoms. The Kier molecular flexibility index (Phi) is 3.90. The van der Waals surface area contributed by atoms with Gasteiger partial charge in [-0.15, -0.1) is 0 Å². The highest BCUT2D eigenvalue weighted by molar-refractivity contribution is 5.96. The molecule has 118 valence electrons. The molecule has 0 saturated carbocycles. The molecule has 3 rings (SSSR count). The van der Waals surface area contributed by atoms with Crippen molar-refractivity contribution < 1.29 is 4.79 Å². The summed E-state index contributed by atoms with van der Waals surface area (Å²) in [5.41, 5.74) is 1.92. The standard InChI is InChI=1S/C19H21N3O/c1-19(2,3)21-18(23)13-22-12-15(11-20-22)17-10-6-8-14-7-4-5-9-16(14)17/h4-12H,13H2,1-3H3,(H,21,23). The van der Waals surface area contributed by atoms with Crippen molar-refractivity contribution in [3.8, 4) is 11.1 Å². The van der Waals surface area contributed by atoms with E-state index in [1.54, 1.807) is 4.68 Å². The molecular weight excluding hydrogens is 286 g/mol. The Balaban J connectivity index is 1.85. The first-order chi connectivity index (χ1) is 10.9. The Hall–Kier alpha value is -2.62. The zero-order chi connectivity index (χ0) is 16.4. The third-order valence-corrected chi connectivity index (χ3v) is 3.55. The Morgan fingerprint density at radius 1 is 1.13 bits per heavy atom. The Morgan fingerprint density at radius 3 is 2.65 bits per heavy atom. The molecule has 1 heterocycles. The fourth-order valence-electron chi connectivity index (χ4n) is 2.67. The van der Waals surface area contributed by atoms with Gasteiger partial charge in [-0.05, 0) is 37.1 Å². The van der Waals surface area contributed by atoms with Crippen LogP contribution >= 0.6 is 0 Å². The number of carbonyl (C=O) groups excluding carboxylic acids is 1. The van der Waals surface area contributed by atoms with Gasteiger partial charge in [-0.25, -0.2) is 0 Å². The molecule has 0 saturated heterocycles. The lowest BCUT2D eigenvalue weighted by Gasteiger charge is -2.20. The van der Waals surface area contributed by atoms with Gasteiger partial charge >= 0.3 is 0 Å². The average molecular weight is 307 g/mol. The van der Waals surface area contributed by atoms with Crippen molar-refractivity contribution in [1.82, 2.24) is 15.1 Å². The molecule has 2 aromatic carbocycles. The van der Waals surface area contributed by atoms with Crippen molar-refractivity contribution in [2.75, 3.05) is 0 Å². The van der Waals surface area contributed by atoms with Crippen LogP contribution in [0.5, 0.6) is 0 Å². The number of benzene rings is 2. The summed E-state index contributed by atoms with van der Waals surface area (Å²) in [6.45, 7) is 6.13. The first-order valence-corrected chi connectivity index (χ1v) is 7.74. The molecule has 0 aliphatic carbocycles. The second-order valence-electron chi connectivity index (χ2n) is 6.75. The molecule has 0 atom stereocenters. The summed E-state index contributed by atoms with van der Waals surface area (Å²) >= 11 is 0. The second kappa shape index (κ2) is 5.88. The van der Waals surface area contributed by atoms with E-state index in [9.17, 15) is 4.79 Å². The summed E-state index contributed by atoms with van der Waals surface area (Å²) in [7, 11) is 0. The molecule has 4 heteroatoms. The lowest BCUT2D eigenvalue weighted by atomic mass is 10.0. The second-order valence-corrected chi connectivity index (χ2v) is 6.75. The van der Waals surface area contributed by atoms with E-state index in [0.717, 1.165) is 11.1 Å². The summed E-state index contributed by atoms with van der Waals surface area (Å²) in [6.07, 6.45) is 3.73.